The number of rotatable bonds is 0. The molecule has 3 heterocycles. The van der Waals surface area contributed by atoms with Gasteiger partial charge in [0, 0.05) is 36.2 Å². The van der Waals surface area contributed by atoms with Crippen LogP contribution in [0.4, 0.5) is 11.6 Å². The third kappa shape index (κ3) is 5.11. The Balaban J connectivity index is 1.66. The van der Waals surface area contributed by atoms with E-state index in [2.05, 4.69) is 30.6 Å². The largest absolute Gasteiger partial charge is 0.355 e. The molecule has 148 valence electrons. The first-order chi connectivity index (χ1) is 14.2. The number of carbonyl (C=O) groups is 1. The molecule has 1 aliphatic heterocycles. The zero-order chi connectivity index (χ0) is 20.1. The minimum absolute atomic E-state index is 0.0252. The summed E-state index contributed by atoms with van der Waals surface area (Å²) in [6.45, 7) is 1.63. The number of nitrogens with one attached hydrogen (secondary N) is 2. The van der Waals surface area contributed by atoms with Gasteiger partial charge in [-0.05, 0) is 49.7 Å². The van der Waals surface area contributed by atoms with Crippen LogP contribution >= 0.6 is 0 Å². The van der Waals surface area contributed by atoms with Crippen LogP contribution in [0.1, 0.15) is 17.7 Å². The summed E-state index contributed by atoms with van der Waals surface area (Å²) in [5, 5.41) is 6.23. The molecule has 0 atom stereocenters. The molecule has 1 aliphatic rings. The molecule has 6 bridgehead atoms. The van der Waals surface area contributed by atoms with Crippen molar-refractivity contribution in [2.24, 2.45) is 0 Å². The van der Waals surface area contributed by atoms with Crippen LogP contribution in [0, 0.1) is 0 Å². The maximum atomic E-state index is 12.2. The zero-order valence-corrected chi connectivity index (χ0v) is 16.3. The summed E-state index contributed by atoms with van der Waals surface area (Å²) < 4.78 is 0. The highest BCUT2D eigenvalue weighted by Crippen LogP contribution is 2.19. The number of hydrogen-bond acceptors (Lipinski definition) is 7. The van der Waals surface area contributed by atoms with Crippen molar-refractivity contribution in [2.45, 2.75) is 19.4 Å². The van der Waals surface area contributed by atoms with Gasteiger partial charge < -0.3 is 10.6 Å². The number of hydrogen-bond donors (Lipinski definition) is 2. The van der Waals surface area contributed by atoms with Crippen molar-refractivity contribution in [1.29, 1.82) is 0 Å². The van der Waals surface area contributed by atoms with E-state index < -0.39 is 0 Å². The van der Waals surface area contributed by atoms with E-state index in [1.807, 2.05) is 48.3 Å². The van der Waals surface area contributed by atoms with E-state index >= 15 is 0 Å². The lowest BCUT2D eigenvalue weighted by Gasteiger charge is -2.17. The average molecular weight is 389 g/mol. The van der Waals surface area contributed by atoms with Crippen molar-refractivity contribution < 1.29 is 4.79 Å². The quantitative estimate of drug-likeness (QED) is 0.608. The van der Waals surface area contributed by atoms with Gasteiger partial charge in [0.25, 0.3) is 0 Å². The number of carbonyl (C=O) groups excluding carboxylic acids is 1. The first kappa shape index (κ1) is 18.9. The van der Waals surface area contributed by atoms with E-state index in [1.165, 1.54) is 6.33 Å². The smallest absolute Gasteiger partial charge is 0.234 e. The Kier molecular flexibility index (Phi) is 5.71. The molecule has 0 spiro atoms. The van der Waals surface area contributed by atoms with E-state index in [-0.39, 0.29) is 5.91 Å². The lowest BCUT2D eigenvalue weighted by Crippen LogP contribution is -2.35. The SMILES string of the molecule is CN1CC(=O)NCCCc2cc(ccn2)-c2ncnc(n2)Nc2cccc(c2)C1. The predicted molar refractivity (Wildman–Crippen MR) is 110 cm³/mol. The second kappa shape index (κ2) is 8.74. The van der Waals surface area contributed by atoms with Crippen molar-refractivity contribution in [3.05, 3.63) is 60.2 Å². The zero-order valence-electron chi connectivity index (χ0n) is 16.3. The summed E-state index contributed by atoms with van der Waals surface area (Å²) in [4.78, 5) is 31.7. The Morgan fingerprint density at radius 1 is 1.07 bits per heavy atom. The summed E-state index contributed by atoms with van der Waals surface area (Å²) in [5.74, 6) is 1.10. The minimum atomic E-state index is 0.0252. The molecule has 8 heteroatoms. The minimum Gasteiger partial charge on any atom is -0.355 e. The van der Waals surface area contributed by atoms with Crippen LogP contribution in [-0.4, -0.2) is 50.9 Å². The lowest BCUT2D eigenvalue weighted by molar-refractivity contribution is -0.122. The fourth-order valence-corrected chi connectivity index (χ4v) is 3.29. The van der Waals surface area contributed by atoms with E-state index in [9.17, 15) is 4.79 Å². The van der Waals surface area contributed by atoms with Gasteiger partial charge in [-0.15, -0.1) is 0 Å². The molecule has 2 aromatic heterocycles. The summed E-state index contributed by atoms with van der Waals surface area (Å²) in [6.07, 6.45) is 4.86. The van der Waals surface area contributed by atoms with Crippen molar-refractivity contribution in [3.8, 4) is 11.4 Å². The van der Waals surface area contributed by atoms with Gasteiger partial charge in [-0.3, -0.25) is 14.7 Å². The standard InChI is InChI=1S/C21H23N7O/c1-28-12-15-4-2-5-18(10-15)26-21-25-14-24-20(27-21)16-7-9-22-17(11-16)6-3-8-23-19(29)13-28/h2,4-5,7,9-11,14H,3,6,8,12-13H2,1H3,(H,23,29)(H,24,25,26,27). The molecule has 3 aromatic rings. The van der Waals surface area contributed by atoms with Gasteiger partial charge in [0.2, 0.25) is 11.9 Å². The highest BCUT2D eigenvalue weighted by molar-refractivity contribution is 5.77. The molecular formula is C21H23N7O. The number of amides is 1. The molecule has 1 amide bonds. The van der Waals surface area contributed by atoms with E-state index in [4.69, 9.17) is 0 Å². The molecule has 2 N–H and O–H groups in total. The van der Waals surface area contributed by atoms with Crippen LogP contribution in [-0.2, 0) is 17.8 Å². The highest BCUT2D eigenvalue weighted by atomic mass is 16.2. The fraction of sp³-hybridized carbons (Fsp3) is 0.286. The van der Waals surface area contributed by atoms with Crippen LogP contribution in [0.3, 0.4) is 0 Å². The summed E-state index contributed by atoms with van der Waals surface area (Å²) >= 11 is 0. The molecule has 8 nitrogen and oxygen atoms in total. The molecule has 0 unspecified atom stereocenters. The van der Waals surface area contributed by atoms with Crippen LogP contribution in [0.5, 0.6) is 0 Å². The fourth-order valence-electron chi connectivity index (χ4n) is 3.29. The number of anilines is 2. The van der Waals surface area contributed by atoms with Crippen LogP contribution in [0.25, 0.3) is 11.4 Å². The maximum Gasteiger partial charge on any atom is 0.234 e. The van der Waals surface area contributed by atoms with Gasteiger partial charge >= 0.3 is 0 Å². The molecule has 0 fully saturated rings. The first-order valence-corrected chi connectivity index (χ1v) is 9.61. The molecule has 0 saturated carbocycles. The molecule has 0 radical (unpaired) electrons. The first-order valence-electron chi connectivity index (χ1n) is 9.61. The Labute approximate surface area is 169 Å². The second-order valence-corrected chi connectivity index (χ2v) is 7.12. The van der Waals surface area contributed by atoms with Gasteiger partial charge in [0.05, 0.1) is 6.54 Å². The summed E-state index contributed by atoms with van der Waals surface area (Å²) in [5.41, 5.74) is 3.81. The third-order valence-corrected chi connectivity index (χ3v) is 4.63. The number of nitrogens with zero attached hydrogens (tertiary/aromatic N) is 5. The van der Waals surface area contributed by atoms with E-state index in [0.29, 0.717) is 31.4 Å². The summed E-state index contributed by atoms with van der Waals surface area (Å²) in [6, 6.07) is 11.9. The van der Waals surface area contributed by atoms with E-state index in [0.717, 1.165) is 35.3 Å². The normalized spacial score (nSPS) is 15.6. The Hall–Kier alpha value is -3.39. The van der Waals surface area contributed by atoms with Crippen molar-refractivity contribution >= 4 is 17.5 Å². The molecule has 0 aliphatic carbocycles. The van der Waals surface area contributed by atoms with Crippen molar-refractivity contribution in [3.63, 3.8) is 0 Å². The molecule has 29 heavy (non-hydrogen) atoms. The Morgan fingerprint density at radius 2 is 2.00 bits per heavy atom. The molecule has 4 rings (SSSR count). The maximum absolute atomic E-state index is 12.2. The number of pyridine rings is 1. The van der Waals surface area contributed by atoms with Crippen LogP contribution in [0.2, 0.25) is 0 Å². The van der Waals surface area contributed by atoms with Gasteiger partial charge in [-0.2, -0.15) is 4.98 Å². The van der Waals surface area contributed by atoms with Gasteiger partial charge in [-0.1, -0.05) is 12.1 Å². The second-order valence-electron chi connectivity index (χ2n) is 7.12. The van der Waals surface area contributed by atoms with Gasteiger partial charge in [0.15, 0.2) is 5.82 Å². The van der Waals surface area contributed by atoms with Gasteiger partial charge in [0.1, 0.15) is 6.33 Å². The molecule has 1 aromatic carbocycles. The van der Waals surface area contributed by atoms with Crippen LogP contribution in [0.15, 0.2) is 48.9 Å². The number of likely N-dealkylation sites (N-methyl/N-ethyl adjacent to an activating group) is 1. The molecule has 0 saturated heterocycles. The number of benzene rings is 1. The topological polar surface area (TPSA) is 95.9 Å². The van der Waals surface area contributed by atoms with Gasteiger partial charge in [-0.25, -0.2) is 9.97 Å². The number of aryl methyl sites for hydroxylation is 1. The lowest BCUT2D eigenvalue weighted by atomic mass is 10.1. The predicted octanol–water partition coefficient (Wildman–Crippen LogP) is 2.17. The Morgan fingerprint density at radius 3 is 2.93 bits per heavy atom. The Bertz CT molecular complexity index is 1010. The summed E-state index contributed by atoms with van der Waals surface area (Å²) in [7, 11) is 1.94. The highest BCUT2D eigenvalue weighted by Gasteiger charge is 2.10. The number of aromatic nitrogens is 4. The molecular weight excluding hydrogens is 366 g/mol. The monoisotopic (exact) mass is 389 g/mol. The third-order valence-electron chi connectivity index (χ3n) is 4.63. The number of fused-ring (bicyclic) bond motifs is 7. The van der Waals surface area contributed by atoms with Crippen molar-refractivity contribution in [1.82, 2.24) is 30.2 Å². The van der Waals surface area contributed by atoms with E-state index in [1.54, 1.807) is 6.20 Å². The van der Waals surface area contributed by atoms with Crippen molar-refractivity contribution in [2.75, 3.05) is 25.5 Å². The average Bonchev–Trinajstić information content (AvgIpc) is 2.71. The van der Waals surface area contributed by atoms with Crippen LogP contribution < -0.4 is 10.6 Å².